The van der Waals surface area contributed by atoms with E-state index in [1.165, 1.54) is 64.2 Å². The Balaban J connectivity index is 4.60. The first-order chi connectivity index (χ1) is 31.0. The van der Waals surface area contributed by atoms with Crippen LogP contribution in [0.25, 0.3) is 0 Å². The number of allylic oxidation sites excluding steroid dienone is 22. The molecule has 0 aliphatic carbocycles. The molecule has 0 heterocycles. The molecule has 0 N–H and O–H groups in total. The van der Waals surface area contributed by atoms with Crippen LogP contribution < -0.4 is 0 Å². The van der Waals surface area contributed by atoms with Crippen LogP contribution in [0.2, 0.25) is 0 Å². The fourth-order valence-corrected chi connectivity index (χ4v) is 6.13. The Labute approximate surface area is 385 Å². The van der Waals surface area contributed by atoms with Crippen molar-refractivity contribution in [2.75, 3.05) is 13.2 Å². The van der Waals surface area contributed by atoms with Crippen molar-refractivity contribution in [3.05, 3.63) is 134 Å². The van der Waals surface area contributed by atoms with Crippen LogP contribution >= 0.6 is 0 Å². The van der Waals surface area contributed by atoms with Gasteiger partial charge in [0, 0.05) is 19.3 Å². The number of carbonyl (C=O) groups excluding carboxylic acids is 3. The third-order valence-electron chi connectivity index (χ3n) is 9.81. The highest BCUT2D eigenvalue weighted by Gasteiger charge is 2.19. The molecule has 0 aromatic heterocycles. The summed E-state index contributed by atoms with van der Waals surface area (Å²) in [6.07, 6.45) is 70.2. The lowest BCUT2D eigenvalue weighted by Gasteiger charge is -2.18. The van der Waals surface area contributed by atoms with Gasteiger partial charge in [0.25, 0.3) is 0 Å². The topological polar surface area (TPSA) is 78.9 Å². The lowest BCUT2D eigenvalue weighted by atomic mass is 10.1. The lowest BCUT2D eigenvalue weighted by Crippen LogP contribution is -2.30. The molecule has 0 aliphatic rings. The number of hydrogen-bond acceptors (Lipinski definition) is 6. The molecule has 0 saturated carbocycles. The van der Waals surface area contributed by atoms with Gasteiger partial charge in [0.05, 0.1) is 0 Å². The third-order valence-corrected chi connectivity index (χ3v) is 9.81. The zero-order chi connectivity index (χ0) is 45.8. The predicted octanol–water partition coefficient (Wildman–Crippen LogP) is 16.3. The van der Waals surface area contributed by atoms with Crippen LogP contribution in [-0.4, -0.2) is 37.2 Å². The van der Waals surface area contributed by atoms with Crippen LogP contribution in [-0.2, 0) is 28.6 Å². The minimum atomic E-state index is -0.838. The van der Waals surface area contributed by atoms with Crippen molar-refractivity contribution in [3.8, 4) is 0 Å². The molecule has 0 bridgehead atoms. The van der Waals surface area contributed by atoms with Gasteiger partial charge in [-0.1, -0.05) is 219 Å². The smallest absolute Gasteiger partial charge is 0.306 e. The number of esters is 3. The summed E-state index contributed by atoms with van der Waals surface area (Å²) < 4.78 is 16.6. The van der Waals surface area contributed by atoms with E-state index in [9.17, 15) is 14.4 Å². The van der Waals surface area contributed by atoms with Gasteiger partial charge in [-0.2, -0.15) is 0 Å². The first-order valence-electron chi connectivity index (χ1n) is 24.8. The van der Waals surface area contributed by atoms with E-state index >= 15 is 0 Å². The average molecular weight is 869 g/mol. The van der Waals surface area contributed by atoms with Crippen molar-refractivity contribution in [1.29, 1.82) is 0 Å². The van der Waals surface area contributed by atoms with E-state index in [0.29, 0.717) is 12.8 Å². The van der Waals surface area contributed by atoms with Gasteiger partial charge in [-0.05, 0) is 83.5 Å². The Morgan fingerprint density at radius 2 is 0.698 bits per heavy atom. The largest absolute Gasteiger partial charge is 0.462 e. The maximum absolute atomic E-state index is 12.8. The van der Waals surface area contributed by atoms with E-state index in [1.54, 1.807) is 0 Å². The molecule has 0 amide bonds. The summed E-state index contributed by atoms with van der Waals surface area (Å²) in [4.78, 5) is 37.9. The van der Waals surface area contributed by atoms with Gasteiger partial charge in [-0.3, -0.25) is 14.4 Å². The van der Waals surface area contributed by atoms with Crippen molar-refractivity contribution in [2.24, 2.45) is 0 Å². The molecular formula is C57H88O6. The Bertz CT molecular complexity index is 1420. The summed E-state index contributed by atoms with van der Waals surface area (Å²) >= 11 is 0. The Kier molecular flexibility index (Phi) is 46.7. The first kappa shape index (κ1) is 58.6. The van der Waals surface area contributed by atoms with Gasteiger partial charge in [-0.25, -0.2) is 0 Å². The fraction of sp³-hybridized carbons (Fsp3) is 0.561. The molecule has 1 atom stereocenters. The zero-order valence-electron chi connectivity index (χ0n) is 40.0. The van der Waals surface area contributed by atoms with E-state index in [0.717, 1.165) is 70.6 Å². The van der Waals surface area contributed by atoms with Crippen LogP contribution in [0.1, 0.15) is 188 Å². The van der Waals surface area contributed by atoms with Crippen molar-refractivity contribution in [2.45, 2.75) is 194 Å². The molecular weight excluding hydrogens is 781 g/mol. The molecule has 6 nitrogen and oxygen atoms in total. The van der Waals surface area contributed by atoms with E-state index in [-0.39, 0.29) is 50.4 Å². The molecule has 0 fully saturated rings. The fourth-order valence-electron chi connectivity index (χ4n) is 6.13. The van der Waals surface area contributed by atoms with E-state index in [4.69, 9.17) is 14.2 Å². The minimum Gasteiger partial charge on any atom is -0.462 e. The summed E-state index contributed by atoms with van der Waals surface area (Å²) in [7, 11) is 0. The highest BCUT2D eigenvalue weighted by atomic mass is 16.6. The molecule has 63 heavy (non-hydrogen) atoms. The summed E-state index contributed by atoms with van der Waals surface area (Å²) in [5.41, 5.74) is 0. The molecule has 0 rings (SSSR count). The maximum atomic E-state index is 12.8. The molecule has 352 valence electrons. The number of rotatable bonds is 42. The number of unbranched alkanes of at least 4 members (excludes halogenated alkanes) is 15. The standard InChI is InChI=1S/C57H88O6/c1-4-7-10-13-16-19-22-25-27-28-30-32-35-38-41-44-47-50-56(59)62-53-54(52-61-55(58)49-46-43-40-37-34-31-24-21-18-15-12-9-6-3)63-57(60)51-48-45-42-39-36-33-29-26-23-20-17-14-11-8-5-2/h8-9,11-12,14-15,17-18,20-21,23-25,27,30-32,34,37-38,40-41,54H,4-7,10,13,16,19,22,26,28-29,33,35-36,39,42-53H2,1-3H3/b11-8-,12-9-,17-14-,18-15-,23-20-,24-21-,27-25-,32-30-,34-31-,40-37-,41-38-. The van der Waals surface area contributed by atoms with Crippen molar-refractivity contribution in [1.82, 2.24) is 0 Å². The van der Waals surface area contributed by atoms with Gasteiger partial charge in [0.1, 0.15) is 13.2 Å². The highest BCUT2D eigenvalue weighted by molar-refractivity contribution is 5.71. The Hall–Kier alpha value is -4.45. The van der Waals surface area contributed by atoms with E-state index in [2.05, 4.69) is 99.8 Å². The van der Waals surface area contributed by atoms with Crippen molar-refractivity contribution in [3.63, 3.8) is 0 Å². The third kappa shape index (κ3) is 48.4. The SMILES string of the molecule is CC\C=C/C=C\C=C/C=C\C=C/CCCC(=O)OCC(COC(=O)CCC/C=C\C/C=C\C/C=C\CCCCCCCC)OC(=O)CCCCCCCCC\C=C/C=C\C=C/CC. The molecule has 0 saturated heterocycles. The summed E-state index contributed by atoms with van der Waals surface area (Å²) in [6.45, 7) is 6.21. The quantitative estimate of drug-likeness (QED) is 0.0200. The number of ether oxygens (including phenoxy) is 3. The summed E-state index contributed by atoms with van der Waals surface area (Å²) in [6, 6.07) is 0. The maximum Gasteiger partial charge on any atom is 0.306 e. The van der Waals surface area contributed by atoms with Crippen LogP contribution in [0.5, 0.6) is 0 Å². The highest BCUT2D eigenvalue weighted by Crippen LogP contribution is 2.12. The second kappa shape index (κ2) is 50.2. The number of hydrogen-bond donors (Lipinski definition) is 0. The van der Waals surface area contributed by atoms with Gasteiger partial charge < -0.3 is 14.2 Å². The van der Waals surface area contributed by atoms with Gasteiger partial charge in [-0.15, -0.1) is 0 Å². The second-order valence-electron chi connectivity index (χ2n) is 15.8. The van der Waals surface area contributed by atoms with E-state index in [1.807, 2.05) is 54.7 Å². The molecule has 0 spiro atoms. The predicted molar refractivity (Wildman–Crippen MR) is 269 cm³/mol. The van der Waals surface area contributed by atoms with Crippen molar-refractivity contribution < 1.29 is 28.6 Å². The first-order valence-corrected chi connectivity index (χ1v) is 24.8. The Morgan fingerprint density at radius 3 is 1.17 bits per heavy atom. The lowest BCUT2D eigenvalue weighted by molar-refractivity contribution is -0.167. The average Bonchev–Trinajstić information content (AvgIpc) is 3.28. The molecule has 0 aliphatic heterocycles. The van der Waals surface area contributed by atoms with Crippen molar-refractivity contribution >= 4 is 17.9 Å². The molecule has 0 aromatic rings. The summed E-state index contributed by atoms with van der Waals surface area (Å²) in [5, 5.41) is 0. The van der Waals surface area contributed by atoms with Crippen LogP contribution in [0.3, 0.4) is 0 Å². The number of carbonyl (C=O) groups is 3. The molecule has 0 radical (unpaired) electrons. The van der Waals surface area contributed by atoms with E-state index < -0.39 is 6.10 Å². The van der Waals surface area contributed by atoms with Gasteiger partial charge in [0.2, 0.25) is 0 Å². The minimum absolute atomic E-state index is 0.137. The zero-order valence-corrected chi connectivity index (χ0v) is 40.0. The molecule has 0 aromatic carbocycles. The Morgan fingerprint density at radius 1 is 0.349 bits per heavy atom. The summed E-state index contributed by atoms with van der Waals surface area (Å²) in [5.74, 6) is -1.08. The van der Waals surface area contributed by atoms with Gasteiger partial charge >= 0.3 is 17.9 Å². The van der Waals surface area contributed by atoms with Gasteiger partial charge in [0.15, 0.2) is 6.10 Å². The monoisotopic (exact) mass is 869 g/mol. The van der Waals surface area contributed by atoms with Crippen LogP contribution in [0.15, 0.2) is 134 Å². The van der Waals surface area contributed by atoms with Crippen LogP contribution in [0.4, 0.5) is 0 Å². The second-order valence-corrected chi connectivity index (χ2v) is 15.8. The molecule has 1 unspecified atom stereocenters. The van der Waals surface area contributed by atoms with Crippen LogP contribution in [0, 0.1) is 0 Å². The normalized spacial score (nSPS) is 13.3. The molecule has 6 heteroatoms.